The summed E-state index contributed by atoms with van der Waals surface area (Å²) in [5.74, 6) is 0. The van der Waals surface area contributed by atoms with Crippen molar-refractivity contribution in [1.29, 1.82) is 0 Å². The Bertz CT molecular complexity index is 116. The first-order valence-electron chi connectivity index (χ1n) is 5.13. The highest BCUT2D eigenvalue weighted by atomic mass is 16.2. The van der Waals surface area contributed by atoms with Crippen molar-refractivity contribution in [2.24, 2.45) is 0 Å². The van der Waals surface area contributed by atoms with E-state index in [-0.39, 0.29) is 0 Å². The zero-order valence-corrected chi connectivity index (χ0v) is 8.47. The summed E-state index contributed by atoms with van der Waals surface area (Å²) >= 11 is 0. The Kier molecular flexibility index (Phi) is 8.57. The van der Waals surface area contributed by atoms with Gasteiger partial charge in [-0.1, -0.05) is 38.3 Å². The van der Waals surface area contributed by atoms with Gasteiger partial charge in [-0.3, -0.25) is 0 Å². The van der Waals surface area contributed by atoms with Gasteiger partial charge in [-0.2, -0.15) is 0 Å². The zero-order valence-electron chi connectivity index (χ0n) is 8.47. The molecule has 1 nitrogen and oxygen atoms in total. The molecular weight excluding hydrogens is 148 g/mol. The molecule has 0 atom stereocenters. The van der Waals surface area contributed by atoms with Crippen LogP contribution in [0.4, 0.5) is 0 Å². The average Bonchev–Trinajstić information content (AvgIpc) is 2.10. The third kappa shape index (κ3) is 6.41. The van der Waals surface area contributed by atoms with Crippen LogP contribution in [0.15, 0.2) is 11.6 Å². The highest BCUT2D eigenvalue weighted by Gasteiger charge is 1.92. The van der Waals surface area contributed by atoms with Gasteiger partial charge in [0.2, 0.25) is 0 Å². The fourth-order valence-electron chi connectivity index (χ4n) is 1.27. The molecule has 0 heterocycles. The lowest BCUT2D eigenvalue weighted by Crippen LogP contribution is -1.87. The number of rotatable bonds is 7. The van der Waals surface area contributed by atoms with Gasteiger partial charge in [-0.25, -0.2) is 0 Å². The number of aliphatic hydroxyl groups is 1. The molecule has 0 radical (unpaired) electrons. The molecule has 0 aromatic rings. The smallest absolute Gasteiger partial charge is 0.0468 e. The van der Waals surface area contributed by atoms with E-state index in [9.17, 15) is 0 Å². The number of hydrogen-bond donors (Lipinski definition) is 1. The highest BCUT2D eigenvalue weighted by molar-refractivity contribution is 5.00. The first-order valence-corrected chi connectivity index (χ1v) is 5.13. The fraction of sp³-hybridized carbons (Fsp3) is 0.818. The van der Waals surface area contributed by atoms with Gasteiger partial charge in [0, 0.05) is 6.61 Å². The van der Waals surface area contributed by atoms with Crippen LogP contribution in [0.5, 0.6) is 0 Å². The minimum atomic E-state index is 0.299. The molecule has 0 aromatic carbocycles. The Morgan fingerprint density at radius 1 is 1.25 bits per heavy atom. The van der Waals surface area contributed by atoms with Crippen molar-refractivity contribution in [3.8, 4) is 0 Å². The first kappa shape index (κ1) is 11.7. The van der Waals surface area contributed by atoms with E-state index in [4.69, 9.17) is 5.11 Å². The van der Waals surface area contributed by atoms with Gasteiger partial charge in [-0.05, 0) is 25.7 Å². The summed E-state index contributed by atoms with van der Waals surface area (Å²) < 4.78 is 0. The van der Waals surface area contributed by atoms with Crippen molar-refractivity contribution in [3.63, 3.8) is 0 Å². The standard InChI is InChI=1S/C11H22O/c1-3-5-6-7-8-11(4-2)9-10-12/h8,12H,3-7,9-10H2,1-2H3/b11-8+. The monoisotopic (exact) mass is 170 g/mol. The molecule has 0 rings (SSSR count). The topological polar surface area (TPSA) is 20.2 Å². The van der Waals surface area contributed by atoms with Gasteiger partial charge in [0.15, 0.2) is 0 Å². The first-order chi connectivity index (χ1) is 5.85. The second kappa shape index (κ2) is 8.79. The molecular formula is C11H22O. The molecule has 0 spiro atoms. The van der Waals surface area contributed by atoms with Gasteiger partial charge in [0.1, 0.15) is 0 Å². The Balaban J connectivity index is 3.48. The molecule has 0 aliphatic rings. The van der Waals surface area contributed by atoms with E-state index in [1.165, 1.54) is 31.3 Å². The van der Waals surface area contributed by atoms with Gasteiger partial charge >= 0.3 is 0 Å². The highest BCUT2D eigenvalue weighted by Crippen LogP contribution is 2.09. The molecule has 1 N–H and O–H groups in total. The van der Waals surface area contributed by atoms with E-state index in [0.29, 0.717) is 6.61 Å². The molecule has 1 heteroatoms. The quantitative estimate of drug-likeness (QED) is 0.459. The van der Waals surface area contributed by atoms with Gasteiger partial charge in [0.05, 0.1) is 0 Å². The molecule has 0 unspecified atom stereocenters. The Morgan fingerprint density at radius 2 is 2.00 bits per heavy atom. The van der Waals surface area contributed by atoms with Crippen LogP contribution in [0.3, 0.4) is 0 Å². The molecule has 0 fully saturated rings. The molecule has 12 heavy (non-hydrogen) atoms. The number of unbranched alkanes of at least 4 members (excludes halogenated alkanes) is 3. The molecule has 0 bridgehead atoms. The summed E-state index contributed by atoms with van der Waals surface area (Å²) in [6.45, 7) is 4.67. The molecule has 0 aromatic heterocycles. The van der Waals surface area contributed by atoms with Gasteiger partial charge in [0.25, 0.3) is 0 Å². The van der Waals surface area contributed by atoms with Gasteiger partial charge < -0.3 is 5.11 Å². The average molecular weight is 170 g/mol. The number of allylic oxidation sites excluding steroid dienone is 1. The van der Waals surface area contributed by atoms with Crippen LogP contribution in [-0.4, -0.2) is 11.7 Å². The second-order valence-corrected chi connectivity index (χ2v) is 3.19. The summed E-state index contributed by atoms with van der Waals surface area (Å²) in [6, 6.07) is 0. The molecule has 0 amide bonds. The maximum atomic E-state index is 8.73. The SMILES string of the molecule is CCCCC/C=C(\CC)CCO. The van der Waals surface area contributed by atoms with Gasteiger partial charge in [-0.15, -0.1) is 0 Å². The lowest BCUT2D eigenvalue weighted by Gasteiger charge is -2.01. The maximum absolute atomic E-state index is 8.73. The molecule has 0 saturated carbocycles. The Morgan fingerprint density at radius 3 is 2.50 bits per heavy atom. The Labute approximate surface area is 76.5 Å². The van der Waals surface area contributed by atoms with Crippen molar-refractivity contribution >= 4 is 0 Å². The summed E-state index contributed by atoms with van der Waals surface area (Å²) in [6.07, 6.45) is 9.35. The van der Waals surface area contributed by atoms with E-state index in [0.717, 1.165) is 12.8 Å². The summed E-state index contributed by atoms with van der Waals surface area (Å²) in [5, 5.41) is 8.73. The lowest BCUT2D eigenvalue weighted by atomic mass is 10.1. The molecule has 72 valence electrons. The molecule has 0 aliphatic carbocycles. The van der Waals surface area contributed by atoms with E-state index in [1.54, 1.807) is 0 Å². The number of hydrogen-bond acceptors (Lipinski definition) is 1. The van der Waals surface area contributed by atoms with Crippen molar-refractivity contribution in [3.05, 3.63) is 11.6 Å². The van der Waals surface area contributed by atoms with Crippen molar-refractivity contribution in [1.82, 2.24) is 0 Å². The number of aliphatic hydroxyl groups excluding tert-OH is 1. The normalized spacial score (nSPS) is 12.1. The molecule has 0 aliphatic heterocycles. The van der Waals surface area contributed by atoms with E-state index >= 15 is 0 Å². The largest absolute Gasteiger partial charge is 0.396 e. The fourth-order valence-corrected chi connectivity index (χ4v) is 1.27. The van der Waals surface area contributed by atoms with E-state index < -0.39 is 0 Å². The summed E-state index contributed by atoms with van der Waals surface area (Å²) in [7, 11) is 0. The van der Waals surface area contributed by atoms with Crippen LogP contribution in [0, 0.1) is 0 Å². The molecule has 0 saturated heterocycles. The predicted octanol–water partition coefficient (Wildman–Crippen LogP) is 3.29. The minimum absolute atomic E-state index is 0.299. The predicted molar refractivity (Wildman–Crippen MR) is 54.2 cm³/mol. The zero-order chi connectivity index (χ0) is 9.23. The van der Waals surface area contributed by atoms with Crippen LogP contribution in [0.1, 0.15) is 52.4 Å². The summed E-state index contributed by atoms with van der Waals surface area (Å²) in [4.78, 5) is 0. The maximum Gasteiger partial charge on any atom is 0.0468 e. The van der Waals surface area contributed by atoms with Crippen LogP contribution < -0.4 is 0 Å². The Hall–Kier alpha value is -0.300. The van der Waals surface area contributed by atoms with Crippen molar-refractivity contribution in [2.75, 3.05) is 6.61 Å². The van der Waals surface area contributed by atoms with Crippen LogP contribution in [-0.2, 0) is 0 Å². The third-order valence-electron chi connectivity index (χ3n) is 2.13. The van der Waals surface area contributed by atoms with Crippen LogP contribution in [0.2, 0.25) is 0 Å². The second-order valence-electron chi connectivity index (χ2n) is 3.19. The third-order valence-corrected chi connectivity index (χ3v) is 2.13. The summed E-state index contributed by atoms with van der Waals surface area (Å²) in [5.41, 5.74) is 1.41. The van der Waals surface area contributed by atoms with Crippen molar-refractivity contribution in [2.45, 2.75) is 52.4 Å². The minimum Gasteiger partial charge on any atom is -0.396 e. The van der Waals surface area contributed by atoms with E-state index in [1.807, 2.05) is 0 Å². The van der Waals surface area contributed by atoms with Crippen LogP contribution >= 0.6 is 0 Å². The lowest BCUT2D eigenvalue weighted by molar-refractivity contribution is 0.298. The van der Waals surface area contributed by atoms with Crippen molar-refractivity contribution < 1.29 is 5.11 Å². The van der Waals surface area contributed by atoms with E-state index in [2.05, 4.69) is 19.9 Å². The van der Waals surface area contributed by atoms with Crippen LogP contribution in [0.25, 0.3) is 0 Å².